The second kappa shape index (κ2) is 7.19. The Kier molecular flexibility index (Phi) is 5.30. The van der Waals surface area contributed by atoms with E-state index in [0.717, 1.165) is 5.56 Å². The van der Waals surface area contributed by atoms with E-state index in [4.69, 9.17) is 9.84 Å². The fourth-order valence-corrected chi connectivity index (χ4v) is 2.12. The van der Waals surface area contributed by atoms with Crippen molar-refractivity contribution in [3.8, 4) is 5.75 Å². The molecule has 0 aliphatic carbocycles. The first-order valence-corrected chi connectivity index (χ1v) is 7.23. The van der Waals surface area contributed by atoms with E-state index in [0.29, 0.717) is 5.56 Å². The Bertz CT molecular complexity index is 618. The topological polar surface area (TPSA) is 72.6 Å². The molecule has 0 bridgehead atoms. The third-order valence-electron chi connectivity index (χ3n) is 2.94. The van der Waals surface area contributed by atoms with Gasteiger partial charge in [0.15, 0.2) is 5.75 Å². The lowest BCUT2D eigenvalue weighted by Gasteiger charge is -2.10. The molecule has 21 heavy (non-hydrogen) atoms. The van der Waals surface area contributed by atoms with Gasteiger partial charge in [-0.2, -0.15) is 0 Å². The summed E-state index contributed by atoms with van der Waals surface area (Å²) in [5.41, 5.74) is 1.46. The van der Waals surface area contributed by atoms with Gasteiger partial charge in [0.05, 0.1) is 16.4 Å². The van der Waals surface area contributed by atoms with Crippen LogP contribution in [0.15, 0.2) is 48.5 Å². The SMILES string of the molecule is O=[N+]([O-])c1cc([C@@H](Br)CO)ccc1OCc1ccccc1. The van der Waals surface area contributed by atoms with Crippen LogP contribution in [0.2, 0.25) is 0 Å². The summed E-state index contributed by atoms with van der Waals surface area (Å²) in [5.74, 6) is 0.213. The number of ether oxygens (including phenoxy) is 1. The number of rotatable bonds is 6. The minimum Gasteiger partial charge on any atom is -0.482 e. The van der Waals surface area contributed by atoms with Gasteiger partial charge in [-0.05, 0) is 17.2 Å². The van der Waals surface area contributed by atoms with E-state index in [1.807, 2.05) is 30.3 Å². The maximum absolute atomic E-state index is 11.1. The number of nitro groups is 1. The lowest BCUT2D eigenvalue weighted by Crippen LogP contribution is -2.01. The minimum atomic E-state index is -0.485. The highest BCUT2D eigenvalue weighted by Crippen LogP contribution is 2.33. The van der Waals surface area contributed by atoms with E-state index in [-0.39, 0.29) is 29.5 Å². The Hall–Kier alpha value is -1.92. The molecule has 0 radical (unpaired) electrons. The Morgan fingerprint density at radius 2 is 1.95 bits per heavy atom. The lowest BCUT2D eigenvalue weighted by atomic mass is 10.1. The molecule has 1 N–H and O–H groups in total. The monoisotopic (exact) mass is 351 g/mol. The van der Waals surface area contributed by atoms with Gasteiger partial charge in [-0.1, -0.05) is 52.3 Å². The number of aliphatic hydroxyl groups excluding tert-OH is 1. The summed E-state index contributed by atoms with van der Waals surface area (Å²) in [6.45, 7) is 0.125. The molecule has 1 atom stereocenters. The van der Waals surface area contributed by atoms with Gasteiger partial charge < -0.3 is 9.84 Å². The van der Waals surface area contributed by atoms with Crippen molar-refractivity contribution in [2.45, 2.75) is 11.4 Å². The number of halogens is 1. The van der Waals surface area contributed by atoms with Gasteiger partial charge in [0.2, 0.25) is 0 Å². The first-order chi connectivity index (χ1) is 10.1. The molecule has 0 saturated carbocycles. The lowest BCUT2D eigenvalue weighted by molar-refractivity contribution is -0.386. The molecule has 0 aliphatic rings. The van der Waals surface area contributed by atoms with E-state index < -0.39 is 4.92 Å². The average molecular weight is 352 g/mol. The van der Waals surface area contributed by atoms with Crippen LogP contribution in [0.3, 0.4) is 0 Å². The van der Waals surface area contributed by atoms with Gasteiger partial charge in [-0.3, -0.25) is 10.1 Å². The molecular formula is C15H14BrNO4. The first kappa shape index (κ1) is 15.5. The minimum absolute atomic E-state index is 0.110. The van der Waals surface area contributed by atoms with Crippen LogP contribution in [0.25, 0.3) is 0 Å². The molecule has 0 heterocycles. The second-order valence-corrected chi connectivity index (χ2v) is 5.51. The number of aliphatic hydroxyl groups is 1. The number of nitro benzene ring substituents is 1. The van der Waals surface area contributed by atoms with E-state index in [9.17, 15) is 10.1 Å². The number of hydrogen-bond donors (Lipinski definition) is 1. The Balaban J connectivity index is 2.20. The average Bonchev–Trinajstić information content (AvgIpc) is 2.52. The molecule has 5 nitrogen and oxygen atoms in total. The Labute approximate surface area is 130 Å². The highest BCUT2D eigenvalue weighted by Gasteiger charge is 2.18. The van der Waals surface area contributed by atoms with Crippen molar-refractivity contribution in [2.24, 2.45) is 0 Å². The van der Waals surface area contributed by atoms with E-state index in [2.05, 4.69) is 15.9 Å². The van der Waals surface area contributed by atoms with Crippen molar-refractivity contribution < 1.29 is 14.8 Å². The number of nitrogens with zero attached hydrogens (tertiary/aromatic N) is 1. The van der Waals surface area contributed by atoms with Crippen LogP contribution in [-0.2, 0) is 6.61 Å². The van der Waals surface area contributed by atoms with Gasteiger partial charge >= 0.3 is 5.69 Å². The Morgan fingerprint density at radius 1 is 1.24 bits per heavy atom. The summed E-state index contributed by atoms with van der Waals surface area (Å²) in [5, 5.41) is 20.2. The molecule has 2 aromatic carbocycles. The zero-order valence-corrected chi connectivity index (χ0v) is 12.7. The van der Waals surface area contributed by atoms with Crippen molar-refractivity contribution in [3.63, 3.8) is 0 Å². The smallest absolute Gasteiger partial charge is 0.311 e. The summed E-state index contributed by atoms with van der Waals surface area (Å²) < 4.78 is 5.53. The Morgan fingerprint density at radius 3 is 2.57 bits per heavy atom. The maximum Gasteiger partial charge on any atom is 0.311 e. The molecule has 6 heteroatoms. The fraction of sp³-hybridized carbons (Fsp3) is 0.200. The molecule has 2 rings (SSSR count). The molecule has 0 amide bonds. The van der Waals surface area contributed by atoms with Crippen LogP contribution in [0, 0.1) is 10.1 Å². The van der Waals surface area contributed by atoms with Crippen LogP contribution in [0.4, 0.5) is 5.69 Å². The summed E-state index contributed by atoms with van der Waals surface area (Å²) in [4.78, 5) is 10.3. The number of alkyl halides is 1. The molecule has 0 aliphatic heterocycles. The zero-order chi connectivity index (χ0) is 15.2. The summed E-state index contributed by atoms with van der Waals surface area (Å²) in [6, 6.07) is 14.1. The molecule has 110 valence electrons. The third kappa shape index (κ3) is 4.03. The fourth-order valence-electron chi connectivity index (χ4n) is 1.83. The quantitative estimate of drug-likeness (QED) is 0.490. The largest absolute Gasteiger partial charge is 0.482 e. The highest BCUT2D eigenvalue weighted by atomic mass is 79.9. The van der Waals surface area contributed by atoms with Gasteiger partial charge in [-0.25, -0.2) is 0 Å². The van der Waals surface area contributed by atoms with Crippen molar-refractivity contribution in [3.05, 3.63) is 69.8 Å². The van der Waals surface area contributed by atoms with Crippen LogP contribution in [0.5, 0.6) is 5.75 Å². The molecule has 0 saturated heterocycles. The third-order valence-corrected chi connectivity index (χ3v) is 3.76. The molecular weight excluding hydrogens is 338 g/mol. The van der Waals surface area contributed by atoms with Crippen molar-refractivity contribution >= 4 is 21.6 Å². The van der Waals surface area contributed by atoms with E-state index in [1.165, 1.54) is 6.07 Å². The van der Waals surface area contributed by atoms with Gasteiger partial charge in [0, 0.05) is 6.07 Å². The van der Waals surface area contributed by atoms with Gasteiger partial charge in [-0.15, -0.1) is 0 Å². The van der Waals surface area contributed by atoms with Crippen molar-refractivity contribution in [1.29, 1.82) is 0 Å². The van der Waals surface area contributed by atoms with E-state index in [1.54, 1.807) is 12.1 Å². The summed E-state index contributed by atoms with van der Waals surface area (Å²) in [6.07, 6.45) is 0. The summed E-state index contributed by atoms with van der Waals surface area (Å²) >= 11 is 3.26. The van der Waals surface area contributed by atoms with E-state index >= 15 is 0 Å². The molecule has 0 aromatic heterocycles. The standard InChI is InChI=1S/C15H14BrNO4/c16-13(9-18)12-6-7-15(14(8-12)17(19)20)21-10-11-4-2-1-3-5-11/h1-8,13,18H,9-10H2/t13-/m0/s1. The molecule has 0 spiro atoms. The van der Waals surface area contributed by atoms with Crippen LogP contribution >= 0.6 is 15.9 Å². The van der Waals surface area contributed by atoms with Crippen molar-refractivity contribution in [2.75, 3.05) is 6.61 Å². The van der Waals surface area contributed by atoms with Crippen LogP contribution < -0.4 is 4.74 Å². The molecule has 0 fully saturated rings. The van der Waals surface area contributed by atoms with Gasteiger partial charge in [0.25, 0.3) is 0 Å². The highest BCUT2D eigenvalue weighted by molar-refractivity contribution is 9.09. The van der Waals surface area contributed by atoms with Crippen LogP contribution in [0.1, 0.15) is 16.0 Å². The zero-order valence-electron chi connectivity index (χ0n) is 11.1. The predicted octanol–water partition coefficient (Wildman–Crippen LogP) is 3.60. The normalized spacial score (nSPS) is 11.9. The number of benzene rings is 2. The predicted molar refractivity (Wildman–Crippen MR) is 82.6 cm³/mol. The summed E-state index contributed by atoms with van der Waals surface area (Å²) in [7, 11) is 0. The first-order valence-electron chi connectivity index (χ1n) is 6.32. The number of hydrogen-bond acceptors (Lipinski definition) is 4. The maximum atomic E-state index is 11.1. The molecule has 0 unspecified atom stereocenters. The van der Waals surface area contributed by atoms with Crippen molar-refractivity contribution in [1.82, 2.24) is 0 Å². The second-order valence-electron chi connectivity index (χ2n) is 4.41. The molecule has 2 aromatic rings. The van der Waals surface area contributed by atoms with Crippen LogP contribution in [-0.4, -0.2) is 16.6 Å². The van der Waals surface area contributed by atoms with Gasteiger partial charge in [0.1, 0.15) is 6.61 Å².